The zero-order chi connectivity index (χ0) is 12.5. The largest absolute Gasteiger partial charge is 0.390 e. The maximum atomic E-state index is 10.7. The van der Waals surface area contributed by atoms with Crippen molar-refractivity contribution >= 4 is 34.4 Å². The smallest absolute Gasteiger partial charge is 0.187 e. The third-order valence-electron chi connectivity index (χ3n) is 3.04. The molecule has 1 saturated heterocycles. The first-order chi connectivity index (χ1) is 8.02. The summed E-state index contributed by atoms with van der Waals surface area (Å²) in [5, 5.41) is 11.0. The Balaban J connectivity index is 2.14. The van der Waals surface area contributed by atoms with Crippen LogP contribution in [-0.2, 0) is 0 Å². The number of halogens is 1. The predicted octanol–water partition coefficient (Wildman–Crippen LogP) is 2.35. The number of aromatic nitrogens is 1. The van der Waals surface area contributed by atoms with Crippen molar-refractivity contribution in [1.29, 1.82) is 0 Å². The van der Waals surface area contributed by atoms with Crippen molar-refractivity contribution in [2.75, 3.05) is 18.0 Å². The molecule has 2 heterocycles. The SMILES string of the molecule is CC1(O)CCCN(c2nc(Cl)c(C=O)s2)CC1. The molecule has 1 aliphatic heterocycles. The molecule has 1 aromatic rings. The Kier molecular flexibility index (Phi) is 3.70. The van der Waals surface area contributed by atoms with E-state index in [1.54, 1.807) is 0 Å². The number of nitrogens with zero attached hydrogens (tertiary/aromatic N) is 2. The lowest BCUT2D eigenvalue weighted by molar-refractivity contribution is 0.0481. The Morgan fingerprint density at radius 3 is 2.94 bits per heavy atom. The summed E-state index contributed by atoms with van der Waals surface area (Å²) in [6, 6.07) is 0. The number of hydrogen-bond acceptors (Lipinski definition) is 5. The van der Waals surface area contributed by atoms with E-state index in [1.165, 1.54) is 11.3 Å². The average Bonchev–Trinajstić information content (AvgIpc) is 2.54. The Morgan fingerprint density at radius 2 is 2.29 bits per heavy atom. The minimum Gasteiger partial charge on any atom is -0.390 e. The minimum absolute atomic E-state index is 0.274. The van der Waals surface area contributed by atoms with Crippen LogP contribution >= 0.6 is 22.9 Å². The van der Waals surface area contributed by atoms with Crippen molar-refractivity contribution < 1.29 is 9.90 Å². The third-order valence-corrected chi connectivity index (χ3v) is 4.48. The average molecular weight is 275 g/mol. The Hall–Kier alpha value is -0.650. The first-order valence-electron chi connectivity index (χ1n) is 5.61. The number of carbonyl (C=O) groups excluding carboxylic acids is 1. The highest BCUT2D eigenvalue weighted by Crippen LogP contribution is 2.31. The second kappa shape index (κ2) is 4.92. The molecule has 0 saturated carbocycles. The fraction of sp³-hybridized carbons (Fsp3) is 0.636. The van der Waals surface area contributed by atoms with Gasteiger partial charge in [-0.15, -0.1) is 0 Å². The molecule has 0 amide bonds. The molecule has 17 heavy (non-hydrogen) atoms. The van der Waals surface area contributed by atoms with E-state index in [0.29, 0.717) is 11.3 Å². The fourth-order valence-corrected chi connectivity index (χ4v) is 3.08. The van der Waals surface area contributed by atoms with Crippen molar-refractivity contribution in [3.05, 3.63) is 10.0 Å². The summed E-state index contributed by atoms with van der Waals surface area (Å²) < 4.78 is 0. The van der Waals surface area contributed by atoms with Crippen LogP contribution < -0.4 is 4.90 Å². The normalized spacial score (nSPS) is 25.7. The molecule has 0 spiro atoms. The number of aldehydes is 1. The first-order valence-corrected chi connectivity index (χ1v) is 6.80. The number of rotatable bonds is 2. The molecule has 0 bridgehead atoms. The molecular weight excluding hydrogens is 260 g/mol. The van der Waals surface area contributed by atoms with Crippen molar-refractivity contribution in [3.63, 3.8) is 0 Å². The van der Waals surface area contributed by atoms with Crippen LogP contribution in [-0.4, -0.2) is 35.1 Å². The summed E-state index contributed by atoms with van der Waals surface area (Å²) in [6.07, 6.45) is 3.15. The summed E-state index contributed by atoms with van der Waals surface area (Å²) in [4.78, 5) is 17.5. The number of anilines is 1. The zero-order valence-corrected chi connectivity index (χ0v) is 11.2. The van der Waals surface area contributed by atoms with Crippen LogP contribution in [0.15, 0.2) is 0 Å². The van der Waals surface area contributed by atoms with Crippen molar-refractivity contribution in [2.24, 2.45) is 0 Å². The fourth-order valence-electron chi connectivity index (χ4n) is 1.96. The van der Waals surface area contributed by atoms with Crippen molar-refractivity contribution in [1.82, 2.24) is 4.98 Å². The second-order valence-electron chi connectivity index (χ2n) is 4.61. The highest BCUT2D eigenvalue weighted by molar-refractivity contribution is 7.17. The lowest BCUT2D eigenvalue weighted by Crippen LogP contribution is -2.28. The summed E-state index contributed by atoms with van der Waals surface area (Å²) >= 11 is 7.16. The van der Waals surface area contributed by atoms with E-state index in [-0.39, 0.29) is 5.15 Å². The molecule has 1 N–H and O–H groups in total. The van der Waals surface area contributed by atoms with E-state index in [9.17, 15) is 9.90 Å². The van der Waals surface area contributed by atoms with Gasteiger partial charge in [0.25, 0.3) is 0 Å². The molecule has 2 rings (SSSR count). The predicted molar refractivity (Wildman–Crippen MR) is 69.2 cm³/mol. The number of thiazole rings is 1. The van der Waals surface area contributed by atoms with Crippen LogP contribution in [0.4, 0.5) is 5.13 Å². The molecule has 0 aromatic carbocycles. The minimum atomic E-state index is -0.594. The van der Waals surface area contributed by atoms with Gasteiger partial charge in [0, 0.05) is 13.1 Å². The molecule has 4 nitrogen and oxygen atoms in total. The first kappa shape index (κ1) is 12.8. The number of aliphatic hydroxyl groups is 1. The molecular formula is C11H15ClN2O2S. The topological polar surface area (TPSA) is 53.4 Å². The van der Waals surface area contributed by atoms with Crippen LogP contribution in [0.1, 0.15) is 35.9 Å². The molecule has 1 unspecified atom stereocenters. The Labute approximate surface area is 109 Å². The van der Waals surface area contributed by atoms with E-state index < -0.39 is 5.60 Å². The molecule has 1 atom stereocenters. The molecule has 1 aromatic heterocycles. The summed E-state index contributed by atoms with van der Waals surface area (Å²) in [7, 11) is 0. The van der Waals surface area contributed by atoms with Crippen LogP contribution in [0.3, 0.4) is 0 Å². The van der Waals surface area contributed by atoms with E-state index in [1.807, 2.05) is 6.92 Å². The molecule has 1 aliphatic rings. The summed E-state index contributed by atoms with van der Waals surface area (Å²) in [6.45, 7) is 3.45. The molecule has 1 fully saturated rings. The molecule has 6 heteroatoms. The Morgan fingerprint density at radius 1 is 1.53 bits per heavy atom. The quantitative estimate of drug-likeness (QED) is 0.841. The van der Waals surface area contributed by atoms with Crippen LogP contribution in [0.25, 0.3) is 0 Å². The highest BCUT2D eigenvalue weighted by atomic mass is 35.5. The van der Waals surface area contributed by atoms with Gasteiger partial charge in [-0.25, -0.2) is 4.98 Å². The third kappa shape index (κ3) is 2.97. The highest BCUT2D eigenvalue weighted by Gasteiger charge is 2.26. The van der Waals surface area contributed by atoms with E-state index in [4.69, 9.17) is 11.6 Å². The van der Waals surface area contributed by atoms with Crippen molar-refractivity contribution in [2.45, 2.75) is 31.8 Å². The second-order valence-corrected chi connectivity index (χ2v) is 5.97. The molecule has 0 aliphatic carbocycles. The lowest BCUT2D eigenvalue weighted by atomic mass is 9.98. The van der Waals surface area contributed by atoms with Gasteiger partial charge >= 0.3 is 0 Å². The summed E-state index contributed by atoms with van der Waals surface area (Å²) in [5.74, 6) is 0. The van der Waals surface area contributed by atoms with Gasteiger partial charge in [0.05, 0.1) is 5.60 Å². The van der Waals surface area contributed by atoms with Crippen molar-refractivity contribution in [3.8, 4) is 0 Å². The van der Waals surface area contributed by atoms with Gasteiger partial charge in [-0.1, -0.05) is 22.9 Å². The van der Waals surface area contributed by atoms with Crippen LogP contribution in [0.5, 0.6) is 0 Å². The monoisotopic (exact) mass is 274 g/mol. The van der Waals surface area contributed by atoms with Gasteiger partial charge in [0.15, 0.2) is 16.6 Å². The Bertz CT molecular complexity index is 420. The maximum absolute atomic E-state index is 10.7. The van der Waals surface area contributed by atoms with Gasteiger partial charge in [0.2, 0.25) is 0 Å². The standard InChI is InChI=1S/C11H15ClN2O2S/c1-11(16)3-2-5-14(6-4-11)10-13-9(12)8(7-15)17-10/h7,16H,2-6H2,1H3. The number of hydrogen-bond donors (Lipinski definition) is 1. The number of carbonyl (C=O) groups is 1. The van der Waals surface area contributed by atoms with Gasteiger partial charge in [-0.05, 0) is 26.2 Å². The maximum Gasteiger partial charge on any atom is 0.187 e. The van der Waals surface area contributed by atoms with E-state index >= 15 is 0 Å². The van der Waals surface area contributed by atoms with Crippen LogP contribution in [0.2, 0.25) is 5.15 Å². The van der Waals surface area contributed by atoms with Gasteiger partial charge in [-0.3, -0.25) is 4.79 Å². The van der Waals surface area contributed by atoms with E-state index in [0.717, 1.165) is 37.3 Å². The van der Waals surface area contributed by atoms with Gasteiger partial charge in [0.1, 0.15) is 4.88 Å². The van der Waals surface area contributed by atoms with Gasteiger partial charge in [-0.2, -0.15) is 0 Å². The lowest BCUT2D eigenvalue weighted by Gasteiger charge is -2.21. The summed E-state index contributed by atoms with van der Waals surface area (Å²) in [5.41, 5.74) is -0.594. The zero-order valence-electron chi connectivity index (χ0n) is 9.65. The van der Waals surface area contributed by atoms with E-state index in [2.05, 4.69) is 9.88 Å². The molecule has 0 radical (unpaired) electrons. The van der Waals surface area contributed by atoms with Crippen LogP contribution in [0, 0.1) is 0 Å². The van der Waals surface area contributed by atoms with Gasteiger partial charge < -0.3 is 10.0 Å². The molecule has 94 valence electrons.